The van der Waals surface area contributed by atoms with Crippen molar-refractivity contribution >= 4 is 35.1 Å². The molecule has 1 aliphatic rings. The number of anilines is 1. The summed E-state index contributed by atoms with van der Waals surface area (Å²) < 4.78 is 11.5. The number of fused-ring (bicyclic) bond motifs is 1. The number of hydrogen-bond acceptors (Lipinski definition) is 5. The van der Waals surface area contributed by atoms with Crippen LogP contribution in [0.2, 0.25) is 5.02 Å². The highest BCUT2D eigenvalue weighted by Crippen LogP contribution is 2.44. The monoisotopic (exact) mass is 429 g/mol. The number of carbonyl (C=O) groups excluding carboxylic acids is 1. The van der Waals surface area contributed by atoms with Crippen LogP contribution in [0, 0.1) is 6.92 Å². The van der Waals surface area contributed by atoms with E-state index in [4.69, 9.17) is 21.1 Å². The number of carbonyl (C=O) groups is 1. The first-order chi connectivity index (χ1) is 14.0. The molecule has 1 aliphatic heterocycles. The van der Waals surface area contributed by atoms with E-state index in [1.165, 1.54) is 0 Å². The summed E-state index contributed by atoms with van der Waals surface area (Å²) in [6, 6.07) is 13.4. The number of aryl methyl sites for hydroxylation is 1. The van der Waals surface area contributed by atoms with Gasteiger partial charge < -0.3 is 14.8 Å². The van der Waals surface area contributed by atoms with Gasteiger partial charge in [-0.05, 0) is 42.3 Å². The Labute approximate surface area is 177 Å². The van der Waals surface area contributed by atoms with Crippen LogP contribution in [-0.4, -0.2) is 29.0 Å². The normalized spacial score (nSPS) is 16.0. The lowest BCUT2D eigenvalue weighted by Gasteiger charge is -2.18. The van der Waals surface area contributed by atoms with Crippen molar-refractivity contribution in [3.63, 3.8) is 0 Å². The highest BCUT2D eigenvalue weighted by molar-refractivity contribution is 8.00. The Morgan fingerprint density at radius 1 is 1.24 bits per heavy atom. The Hall–Kier alpha value is -2.64. The quantitative estimate of drug-likeness (QED) is 0.613. The number of benzene rings is 2. The van der Waals surface area contributed by atoms with Gasteiger partial charge in [-0.3, -0.25) is 9.89 Å². The van der Waals surface area contributed by atoms with Gasteiger partial charge in [0.15, 0.2) is 17.3 Å². The topological polar surface area (TPSA) is 76.2 Å². The Balaban J connectivity index is 1.61. The first-order valence-electron chi connectivity index (χ1n) is 9.06. The Morgan fingerprint density at radius 3 is 2.90 bits per heavy atom. The number of nitrogens with zero attached hydrogens (tertiary/aromatic N) is 1. The molecule has 3 aromatic rings. The maximum Gasteiger partial charge on any atom is 0.235 e. The second-order valence-corrected chi connectivity index (χ2v) is 8.21. The molecule has 2 aromatic carbocycles. The summed E-state index contributed by atoms with van der Waals surface area (Å²) in [5, 5.41) is 10.7. The number of aromatic amines is 1. The summed E-state index contributed by atoms with van der Waals surface area (Å²) in [6.45, 7) is 2.34. The molecule has 2 N–H and O–H groups in total. The molecule has 0 fully saturated rings. The fourth-order valence-corrected chi connectivity index (χ4v) is 4.68. The average molecular weight is 430 g/mol. The molecule has 0 bridgehead atoms. The largest absolute Gasteiger partial charge is 0.493 e. The van der Waals surface area contributed by atoms with Gasteiger partial charge in [0.1, 0.15) is 6.61 Å². The van der Waals surface area contributed by atoms with Crippen molar-refractivity contribution in [2.45, 2.75) is 18.8 Å². The summed E-state index contributed by atoms with van der Waals surface area (Å²) in [6.07, 6.45) is 0. The Kier molecular flexibility index (Phi) is 5.69. The molecule has 2 heterocycles. The van der Waals surface area contributed by atoms with Gasteiger partial charge in [-0.25, -0.2) is 0 Å². The number of halogens is 1. The van der Waals surface area contributed by atoms with E-state index in [9.17, 15) is 4.79 Å². The minimum atomic E-state index is -0.0568. The molecule has 1 amide bonds. The van der Waals surface area contributed by atoms with Gasteiger partial charge in [0, 0.05) is 16.3 Å². The number of methoxy groups -OCH3 is 1. The Bertz CT molecular complexity index is 1050. The van der Waals surface area contributed by atoms with Crippen LogP contribution in [0.1, 0.15) is 27.6 Å². The van der Waals surface area contributed by atoms with E-state index in [2.05, 4.69) is 15.5 Å². The SMILES string of the molecule is COc1cc([C@H]2SCC(=O)Nc3n[nH]c(C)c32)ccc1OCc1cccc(Cl)c1. The molecule has 0 unspecified atom stereocenters. The van der Waals surface area contributed by atoms with E-state index >= 15 is 0 Å². The molecular formula is C21H20ClN3O3S. The van der Waals surface area contributed by atoms with Crippen molar-refractivity contribution in [2.24, 2.45) is 0 Å². The highest BCUT2D eigenvalue weighted by atomic mass is 35.5. The third-order valence-electron chi connectivity index (χ3n) is 4.67. The van der Waals surface area contributed by atoms with Crippen molar-refractivity contribution in [3.05, 3.63) is 69.9 Å². The molecular weight excluding hydrogens is 410 g/mol. The van der Waals surface area contributed by atoms with Crippen molar-refractivity contribution in [3.8, 4) is 11.5 Å². The molecule has 1 atom stereocenters. The third kappa shape index (κ3) is 4.21. The van der Waals surface area contributed by atoms with Crippen LogP contribution in [0.4, 0.5) is 5.82 Å². The summed E-state index contributed by atoms with van der Waals surface area (Å²) in [4.78, 5) is 12.0. The molecule has 8 heteroatoms. The van der Waals surface area contributed by atoms with Gasteiger partial charge in [-0.15, -0.1) is 11.8 Å². The number of hydrogen-bond donors (Lipinski definition) is 2. The maximum absolute atomic E-state index is 12.0. The number of thioether (sulfide) groups is 1. The number of aromatic nitrogens is 2. The molecule has 0 radical (unpaired) electrons. The zero-order chi connectivity index (χ0) is 20.4. The van der Waals surface area contributed by atoms with Crippen LogP contribution >= 0.6 is 23.4 Å². The Morgan fingerprint density at radius 2 is 2.10 bits per heavy atom. The number of H-pyrrole nitrogens is 1. The predicted octanol–water partition coefficient (Wildman–Crippen LogP) is 4.73. The first kappa shape index (κ1) is 19.7. The number of amides is 1. The second-order valence-electron chi connectivity index (χ2n) is 6.68. The van der Waals surface area contributed by atoms with E-state index in [1.807, 2.05) is 49.4 Å². The van der Waals surface area contributed by atoms with Crippen LogP contribution in [0.5, 0.6) is 11.5 Å². The zero-order valence-corrected chi connectivity index (χ0v) is 17.6. The van der Waals surface area contributed by atoms with E-state index < -0.39 is 0 Å². The lowest BCUT2D eigenvalue weighted by Crippen LogP contribution is -2.12. The molecule has 0 spiro atoms. The third-order valence-corrected chi connectivity index (χ3v) is 6.17. The number of ether oxygens (including phenoxy) is 2. The van der Waals surface area contributed by atoms with Gasteiger partial charge in [0.25, 0.3) is 0 Å². The van der Waals surface area contributed by atoms with Crippen molar-refractivity contribution in [1.82, 2.24) is 10.2 Å². The molecule has 0 aliphatic carbocycles. The molecule has 4 rings (SSSR count). The van der Waals surface area contributed by atoms with Crippen LogP contribution in [0.15, 0.2) is 42.5 Å². The smallest absolute Gasteiger partial charge is 0.235 e. The van der Waals surface area contributed by atoms with E-state index in [0.29, 0.717) is 34.7 Å². The number of rotatable bonds is 5. The highest BCUT2D eigenvalue weighted by Gasteiger charge is 2.28. The summed E-state index contributed by atoms with van der Waals surface area (Å²) in [5.74, 6) is 2.17. The van der Waals surface area contributed by atoms with Gasteiger partial charge in [-0.1, -0.05) is 29.8 Å². The fourth-order valence-electron chi connectivity index (χ4n) is 3.28. The minimum absolute atomic E-state index is 0.0430. The van der Waals surface area contributed by atoms with E-state index in [-0.39, 0.29) is 11.2 Å². The van der Waals surface area contributed by atoms with Gasteiger partial charge in [-0.2, -0.15) is 5.10 Å². The van der Waals surface area contributed by atoms with Crippen LogP contribution in [0.25, 0.3) is 0 Å². The van der Waals surface area contributed by atoms with Crippen LogP contribution < -0.4 is 14.8 Å². The second kappa shape index (κ2) is 8.39. The van der Waals surface area contributed by atoms with Crippen molar-refractivity contribution in [1.29, 1.82) is 0 Å². The summed E-state index contributed by atoms with van der Waals surface area (Å²) >= 11 is 7.60. The fraction of sp³-hybridized carbons (Fsp3) is 0.238. The van der Waals surface area contributed by atoms with Gasteiger partial charge in [0.05, 0.1) is 18.1 Å². The van der Waals surface area contributed by atoms with E-state index in [0.717, 1.165) is 22.4 Å². The predicted molar refractivity (Wildman–Crippen MR) is 115 cm³/mol. The number of nitrogens with one attached hydrogen (secondary N) is 2. The molecule has 6 nitrogen and oxygen atoms in total. The van der Waals surface area contributed by atoms with Gasteiger partial charge in [0.2, 0.25) is 5.91 Å². The average Bonchev–Trinajstić information content (AvgIpc) is 2.97. The van der Waals surface area contributed by atoms with Crippen molar-refractivity contribution in [2.75, 3.05) is 18.2 Å². The lowest BCUT2D eigenvalue weighted by atomic mass is 10.0. The summed E-state index contributed by atoms with van der Waals surface area (Å²) in [5.41, 5.74) is 3.91. The maximum atomic E-state index is 12.0. The standard InChI is InChI=1S/C21H20ClN3O3S/c1-12-19-20(29-11-18(26)23-21(19)25-24-12)14-6-7-16(17(9-14)27-2)28-10-13-4-3-5-15(22)8-13/h3-9,20H,10-11H2,1-2H3,(H2,23,24,25,26)/t20-/m1/s1. The first-order valence-corrected chi connectivity index (χ1v) is 10.5. The van der Waals surface area contributed by atoms with Gasteiger partial charge >= 0.3 is 0 Å². The summed E-state index contributed by atoms with van der Waals surface area (Å²) in [7, 11) is 1.62. The lowest BCUT2D eigenvalue weighted by molar-refractivity contribution is -0.113. The minimum Gasteiger partial charge on any atom is -0.493 e. The van der Waals surface area contributed by atoms with Crippen LogP contribution in [-0.2, 0) is 11.4 Å². The van der Waals surface area contributed by atoms with E-state index in [1.54, 1.807) is 18.9 Å². The van der Waals surface area contributed by atoms with Crippen molar-refractivity contribution < 1.29 is 14.3 Å². The molecule has 29 heavy (non-hydrogen) atoms. The molecule has 150 valence electrons. The van der Waals surface area contributed by atoms with Crippen LogP contribution in [0.3, 0.4) is 0 Å². The molecule has 1 aromatic heterocycles. The molecule has 0 saturated heterocycles. The molecule has 0 saturated carbocycles. The zero-order valence-electron chi connectivity index (χ0n) is 16.0.